The van der Waals surface area contributed by atoms with Gasteiger partial charge in [-0.2, -0.15) is 0 Å². The van der Waals surface area contributed by atoms with Gasteiger partial charge in [-0.1, -0.05) is 12.1 Å². The molecule has 2 rings (SSSR count). The summed E-state index contributed by atoms with van der Waals surface area (Å²) in [4.78, 5) is 21.6. The van der Waals surface area contributed by atoms with Gasteiger partial charge < -0.3 is 10.2 Å². The lowest BCUT2D eigenvalue weighted by atomic mass is 9.87. The zero-order valence-corrected chi connectivity index (χ0v) is 10.8. The average molecular weight is 277 g/mol. The molecule has 0 heterocycles. The number of Topliss-reactive ketones (excluding diaryl/α,β-unsaturated/α-hetero) is 1. The van der Waals surface area contributed by atoms with Gasteiger partial charge in [0.1, 0.15) is 0 Å². The molecule has 1 aromatic carbocycles. The summed E-state index contributed by atoms with van der Waals surface area (Å²) in [5, 5.41) is 29.6. The molecule has 6 nitrogen and oxygen atoms in total. The number of rotatable bonds is 5. The van der Waals surface area contributed by atoms with Crippen LogP contribution in [0.4, 0.5) is 5.69 Å². The minimum Gasteiger partial charge on any atom is -0.504 e. The first-order valence-corrected chi connectivity index (χ1v) is 6.35. The van der Waals surface area contributed by atoms with Crippen LogP contribution < -0.4 is 0 Å². The molecule has 0 radical (unpaired) electrons. The van der Waals surface area contributed by atoms with Crippen molar-refractivity contribution in [1.29, 1.82) is 0 Å². The van der Waals surface area contributed by atoms with Crippen molar-refractivity contribution in [2.45, 2.75) is 25.2 Å². The Morgan fingerprint density at radius 1 is 1.25 bits per heavy atom. The van der Waals surface area contributed by atoms with Gasteiger partial charge in [-0.3, -0.25) is 14.9 Å². The maximum atomic E-state index is 11.4. The molecule has 0 saturated heterocycles. The highest BCUT2D eigenvalue weighted by Gasteiger charge is 2.29. The quantitative estimate of drug-likeness (QED) is 0.635. The molecule has 6 heteroatoms. The van der Waals surface area contributed by atoms with E-state index in [2.05, 4.69) is 0 Å². The van der Waals surface area contributed by atoms with Crippen molar-refractivity contribution in [3.05, 3.63) is 51.3 Å². The van der Waals surface area contributed by atoms with E-state index >= 15 is 0 Å². The van der Waals surface area contributed by atoms with Gasteiger partial charge in [0.25, 0.3) is 5.69 Å². The van der Waals surface area contributed by atoms with Crippen LogP contribution in [-0.2, 0) is 4.79 Å². The summed E-state index contributed by atoms with van der Waals surface area (Å²) in [5.41, 5.74) is 1.34. The van der Waals surface area contributed by atoms with Gasteiger partial charge in [0.15, 0.2) is 11.5 Å². The number of carbonyl (C=O) groups is 1. The molecule has 0 saturated carbocycles. The Morgan fingerprint density at radius 3 is 2.35 bits per heavy atom. The van der Waals surface area contributed by atoms with Gasteiger partial charge in [-0.25, -0.2) is 0 Å². The van der Waals surface area contributed by atoms with Gasteiger partial charge in [-0.05, 0) is 24.0 Å². The first-order chi connectivity index (χ1) is 9.54. The molecular formula is C14H15NO5. The van der Waals surface area contributed by atoms with E-state index in [-0.39, 0.29) is 36.2 Å². The smallest absolute Gasteiger partial charge is 0.269 e. The maximum absolute atomic E-state index is 11.4. The Balaban J connectivity index is 2.34. The summed E-state index contributed by atoms with van der Waals surface area (Å²) < 4.78 is 0. The van der Waals surface area contributed by atoms with E-state index < -0.39 is 4.92 Å². The SMILES string of the molecule is O=C1CCC([C@@H](CCO)c2ccc([N+](=O)[O-])cc2)=C1O. The first-order valence-electron chi connectivity index (χ1n) is 6.35. The van der Waals surface area contributed by atoms with E-state index in [1.165, 1.54) is 12.1 Å². The predicted molar refractivity (Wildman–Crippen MR) is 71.4 cm³/mol. The van der Waals surface area contributed by atoms with E-state index in [9.17, 15) is 20.0 Å². The van der Waals surface area contributed by atoms with E-state index in [0.29, 0.717) is 18.4 Å². The number of aliphatic hydroxyl groups is 2. The predicted octanol–water partition coefficient (Wildman–Crippen LogP) is 2.24. The monoisotopic (exact) mass is 277 g/mol. The second-order valence-electron chi connectivity index (χ2n) is 4.71. The van der Waals surface area contributed by atoms with Crippen LogP contribution in [0.3, 0.4) is 0 Å². The third kappa shape index (κ3) is 2.70. The van der Waals surface area contributed by atoms with Gasteiger partial charge in [0.2, 0.25) is 0 Å². The summed E-state index contributed by atoms with van der Waals surface area (Å²) in [7, 11) is 0. The number of nitro benzene ring substituents is 1. The van der Waals surface area contributed by atoms with Crippen LogP contribution in [0.2, 0.25) is 0 Å². The lowest BCUT2D eigenvalue weighted by molar-refractivity contribution is -0.384. The van der Waals surface area contributed by atoms with Gasteiger partial charge in [-0.15, -0.1) is 0 Å². The number of hydrogen-bond acceptors (Lipinski definition) is 5. The molecule has 106 valence electrons. The summed E-state index contributed by atoms with van der Waals surface area (Å²) in [6.45, 7) is -0.0907. The number of nitro groups is 1. The van der Waals surface area contributed by atoms with Crippen LogP contribution in [0.25, 0.3) is 0 Å². The maximum Gasteiger partial charge on any atom is 0.269 e. The fraction of sp³-hybridized carbons (Fsp3) is 0.357. The number of allylic oxidation sites excluding steroid dienone is 2. The summed E-state index contributed by atoms with van der Waals surface area (Å²) in [6.07, 6.45) is 1.10. The van der Waals surface area contributed by atoms with Crippen LogP contribution in [0, 0.1) is 10.1 Å². The zero-order valence-electron chi connectivity index (χ0n) is 10.8. The van der Waals surface area contributed by atoms with Crippen LogP contribution >= 0.6 is 0 Å². The minimum absolute atomic E-state index is 0.0165. The summed E-state index contributed by atoms with van der Waals surface area (Å²) in [5.74, 6) is -0.793. The van der Waals surface area contributed by atoms with Crippen LogP contribution in [0.5, 0.6) is 0 Å². The van der Waals surface area contributed by atoms with E-state index in [4.69, 9.17) is 5.11 Å². The molecule has 0 amide bonds. The average Bonchev–Trinajstić information content (AvgIpc) is 2.77. The molecule has 1 aliphatic rings. The molecule has 2 N–H and O–H groups in total. The number of benzene rings is 1. The zero-order chi connectivity index (χ0) is 14.7. The number of carbonyl (C=O) groups excluding carboxylic acids is 1. The molecule has 0 spiro atoms. The minimum atomic E-state index is -0.485. The van der Waals surface area contributed by atoms with E-state index in [1.54, 1.807) is 12.1 Å². The summed E-state index contributed by atoms with van der Waals surface area (Å²) >= 11 is 0. The fourth-order valence-electron chi connectivity index (χ4n) is 2.50. The molecule has 0 fully saturated rings. The van der Waals surface area contributed by atoms with Crippen molar-refractivity contribution in [2.75, 3.05) is 6.61 Å². The second kappa shape index (κ2) is 5.83. The summed E-state index contributed by atoms with van der Waals surface area (Å²) in [6, 6.07) is 5.96. The Hall–Kier alpha value is -2.21. The molecule has 1 aromatic rings. The van der Waals surface area contributed by atoms with Crippen molar-refractivity contribution >= 4 is 11.5 Å². The van der Waals surface area contributed by atoms with Crippen molar-refractivity contribution in [3.63, 3.8) is 0 Å². The third-order valence-corrected chi connectivity index (χ3v) is 3.53. The molecule has 0 unspecified atom stereocenters. The topological polar surface area (TPSA) is 101 Å². The Labute approximate surface area is 115 Å². The van der Waals surface area contributed by atoms with Gasteiger partial charge in [0, 0.05) is 31.1 Å². The van der Waals surface area contributed by atoms with Crippen molar-refractivity contribution in [1.82, 2.24) is 0 Å². The van der Waals surface area contributed by atoms with Crippen molar-refractivity contribution < 1.29 is 19.9 Å². The normalized spacial score (nSPS) is 16.6. The molecule has 20 heavy (non-hydrogen) atoms. The van der Waals surface area contributed by atoms with Crippen molar-refractivity contribution in [3.8, 4) is 0 Å². The first kappa shape index (κ1) is 14.2. The Kier molecular flexibility index (Phi) is 4.14. The highest BCUT2D eigenvalue weighted by molar-refractivity contribution is 5.96. The number of aliphatic hydroxyl groups excluding tert-OH is 2. The number of ketones is 1. The van der Waals surface area contributed by atoms with Gasteiger partial charge in [0.05, 0.1) is 4.92 Å². The second-order valence-corrected chi connectivity index (χ2v) is 4.71. The standard InChI is InChI=1S/C14H15NO5/c16-8-7-11(12-5-6-13(17)14(12)18)9-1-3-10(4-2-9)15(19)20/h1-4,11,16,18H,5-8H2/t11-/m0/s1. The van der Waals surface area contributed by atoms with Gasteiger partial charge >= 0.3 is 0 Å². The number of non-ortho nitro benzene ring substituents is 1. The van der Waals surface area contributed by atoms with E-state index in [0.717, 1.165) is 5.56 Å². The highest BCUT2D eigenvalue weighted by atomic mass is 16.6. The molecule has 0 aromatic heterocycles. The number of hydrogen-bond donors (Lipinski definition) is 2. The molecule has 1 atom stereocenters. The van der Waals surface area contributed by atoms with Crippen LogP contribution in [0.15, 0.2) is 35.6 Å². The Morgan fingerprint density at radius 2 is 1.90 bits per heavy atom. The van der Waals surface area contributed by atoms with Crippen LogP contribution in [0.1, 0.15) is 30.7 Å². The highest BCUT2D eigenvalue weighted by Crippen LogP contribution is 2.37. The Bertz CT molecular complexity index is 561. The molecule has 0 bridgehead atoms. The van der Waals surface area contributed by atoms with Crippen LogP contribution in [-0.4, -0.2) is 27.5 Å². The molecular weight excluding hydrogens is 262 g/mol. The molecule has 1 aliphatic carbocycles. The van der Waals surface area contributed by atoms with Crippen molar-refractivity contribution in [2.24, 2.45) is 0 Å². The number of nitrogens with zero attached hydrogens (tertiary/aromatic N) is 1. The third-order valence-electron chi connectivity index (χ3n) is 3.53. The largest absolute Gasteiger partial charge is 0.504 e. The molecule has 0 aliphatic heterocycles. The lowest BCUT2D eigenvalue weighted by Gasteiger charge is -2.17. The van der Waals surface area contributed by atoms with E-state index in [1.807, 2.05) is 0 Å². The fourth-order valence-corrected chi connectivity index (χ4v) is 2.50. The lowest BCUT2D eigenvalue weighted by Crippen LogP contribution is -2.06.